The number of rotatable bonds is 3. The molecule has 5 nitrogen and oxygen atoms in total. The monoisotopic (exact) mass is 326 g/mol. The molecule has 0 amide bonds. The Hall–Kier alpha value is -2.46. The minimum Gasteiger partial charge on any atom is -0.473 e. The average Bonchev–Trinajstić information content (AvgIpc) is 2.73. The van der Waals surface area contributed by atoms with Gasteiger partial charge in [0.15, 0.2) is 11.4 Å². The van der Waals surface area contributed by atoms with Crippen molar-refractivity contribution in [3.63, 3.8) is 0 Å². The first-order chi connectivity index (χ1) is 10.0. The topological polar surface area (TPSA) is 65.4 Å². The van der Waals surface area contributed by atoms with Crippen molar-refractivity contribution in [2.45, 2.75) is 18.5 Å². The van der Waals surface area contributed by atoms with Crippen molar-refractivity contribution in [1.29, 1.82) is 0 Å². The summed E-state index contributed by atoms with van der Waals surface area (Å²) in [6.45, 7) is 2.97. The van der Waals surface area contributed by atoms with E-state index in [0.717, 1.165) is 0 Å². The zero-order valence-corrected chi connectivity index (χ0v) is 10.6. The molecule has 2 aromatic rings. The molecule has 2 aromatic heterocycles. The van der Waals surface area contributed by atoms with E-state index in [1.54, 1.807) is 0 Å². The van der Waals surface area contributed by atoms with Gasteiger partial charge in [0.2, 0.25) is 12.1 Å². The lowest BCUT2D eigenvalue weighted by Crippen LogP contribution is -2.32. The molecule has 0 aliphatic rings. The van der Waals surface area contributed by atoms with Gasteiger partial charge in [0.25, 0.3) is 0 Å². The Morgan fingerprint density at radius 2 is 1.86 bits per heavy atom. The first-order valence-corrected chi connectivity index (χ1v) is 5.62. The smallest absolute Gasteiger partial charge is 0.433 e. The van der Waals surface area contributed by atoms with Crippen LogP contribution < -0.4 is 10.5 Å². The molecule has 0 radical (unpaired) electrons. The molecule has 0 fully saturated rings. The van der Waals surface area contributed by atoms with Gasteiger partial charge in [-0.2, -0.15) is 31.3 Å². The normalized spacial score (nSPS) is 14.1. The Morgan fingerprint density at radius 3 is 2.36 bits per heavy atom. The number of anilines is 1. The highest BCUT2D eigenvalue weighted by atomic mass is 19.4. The molecule has 2 rings (SSSR count). The third kappa shape index (κ3) is 2.92. The molecule has 0 aliphatic heterocycles. The minimum atomic E-state index is -4.79. The summed E-state index contributed by atoms with van der Waals surface area (Å²) in [4.78, 5) is 3.46. The van der Waals surface area contributed by atoms with E-state index in [0.29, 0.717) is 18.2 Å². The molecule has 11 heteroatoms. The summed E-state index contributed by atoms with van der Waals surface area (Å²) in [6.07, 6.45) is -11.5. The van der Waals surface area contributed by atoms with E-state index in [9.17, 15) is 26.3 Å². The van der Waals surface area contributed by atoms with Gasteiger partial charge in [-0.05, 0) is 18.2 Å². The Labute approximate surface area is 119 Å². The van der Waals surface area contributed by atoms with E-state index < -0.39 is 41.5 Å². The lowest BCUT2D eigenvalue weighted by Gasteiger charge is -2.19. The first kappa shape index (κ1) is 15.9. The third-order valence-electron chi connectivity index (χ3n) is 2.55. The number of pyridine rings is 1. The SMILES string of the molecule is C=C[C@H](Oc1ccc(C(F)(F)F)n2nc(N)nc12)C(F)(F)F. The van der Waals surface area contributed by atoms with Crippen molar-refractivity contribution in [2.75, 3.05) is 5.73 Å². The molecule has 22 heavy (non-hydrogen) atoms. The van der Waals surface area contributed by atoms with E-state index >= 15 is 0 Å². The van der Waals surface area contributed by atoms with Crippen molar-refractivity contribution in [3.05, 3.63) is 30.5 Å². The van der Waals surface area contributed by atoms with E-state index in [4.69, 9.17) is 5.73 Å². The van der Waals surface area contributed by atoms with Gasteiger partial charge in [-0.3, -0.25) is 0 Å². The third-order valence-corrected chi connectivity index (χ3v) is 2.55. The first-order valence-electron chi connectivity index (χ1n) is 5.62. The largest absolute Gasteiger partial charge is 0.473 e. The highest BCUT2D eigenvalue weighted by Gasteiger charge is 2.41. The van der Waals surface area contributed by atoms with Crippen LogP contribution in [0, 0.1) is 0 Å². The van der Waals surface area contributed by atoms with Crippen LogP contribution >= 0.6 is 0 Å². The van der Waals surface area contributed by atoms with Crippen molar-refractivity contribution < 1.29 is 31.1 Å². The molecule has 2 heterocycles. The number of nitrogens with two attached hydrogens (primary N) is 1. The second-order valence-corrected chi connectivity index (χ2v) is 4.10. The number of nitrogens with zero attached hydrogens (tertiary/aromatic N) is 3. The number of aromatic nitrogens is 3. The molecule has 0 saturated carbocycles. The van der Waals surface area contributed by atoms with Crippen LogP contribution in [-0.2, 0) is 6.18 Å². The summed E-state index contributed by atoms with van der Waals surface area (Å²) in [7, 11) is 0. The Bertz CT molecular complexity index is 705. The summed E-state index contributed by atoms with van der Waals surface area (Å²) in [5.74, 6) is -1.09. The van der Waals surface area contributed by atoms with Gasteiger partial charge < -0.3 is 10.5 Å². The van der Waals surface area contributed by atoms with E-state index in [1.165, 1.54) is 0 Å². The van der Waals surface area contributed by atoms with Gasteiger partial charge in [0, 0.05) is 0 Å². The second kappa shape index (κ2) is 5.07. The van der Waals surface area contributed by atoms with Crippen LogP contribution in [-0.4, -0.2) is 26.9 Å². The Kier molecular flexibility index (Phi) is 3.67. The number of nitrogen functional groups attached to an aromatic ring is 1. The predicted octanol–water partition coefficient (Wildman–Crippen LogP) is 2.83. The molecule has 0 unspecified atom stereocenters. The molecule has 120 valence electrons. The van der Waals surface area contributed by atoms with E-state index in [2.05, 4.69) is 21.4 Å². The number of halogens is 6. The maximum Gasteiger partial charge on any atom is 0.433 e. The summed E-state index contributed by atoms with van der Waals surface area (Å²) in [6, 6.07) is 1.24. The zero-order valence-electron chi connectivity index (χ0n) is 10.6. The van der Waals surface area contributed by atoms with E-state index in [1.807, 2.05) is 0 Å². The van der Waals surface area contributed by atoms with Gasteiger partial charge in [-0.15, -0.1) is 5.10 Å². The van der Waals surface area contributed by atoms with Gasteiger partial charge in [-0.1, -0.05) is 6.58 Å². The quantitative estimate of drug-likeness (QED) is 0.696. The minimum absolute atomic E-state index is 0.279. The molecule has 0 aliphatic carbocycles. The molecule has 2 N–H and O–H groups in total. The molecule has 1 atom stereocenters. The van der Waals surface area contributed by atoms with Crippen LogP contribution in [0.3, 0.4) is 0 Å². The maximum atomic E-state index is 12.8. The van der Waals surface area contributed by atoms with Crippen molar-refractivity contribution in [3.8, 4) is 5.75 Å². The Morgan fingerprint density at radius 1 is 1.23 bits per heavy atom. The van der Waals surface area contributed by atoms with Crippen LogP contribution in [0.25, 0.3) is 5.65 Å². The lowest BCUT2D eigenvalue weighted by molar-refractivity contribution is -0.179. The van der Waals surface area contributed by atoms with Crippen molar-refractivity contribution in [2.24, 2.45) is 0 Å². The average molecular weight is 326 g/mol. The second-order valence-electron chi connectivity index (χ2n) is 4.10. The van der Waals surface area contributed by atoms with Crippen LogP contribution in [0.1, 0.15) is 5.69 Å². The van der Waals surface area contributed by atoms with Gasteiger partial charge in [-0.25, -0.2) is 4.52 Å². The lowest BCUT2D eigenvalue weighted by atomic mass is 10.3. The highest BCUT2D eigenvalue weighted by molar-refractivity contribution is 5.56. The molecule has 0 aromatic carbocycles. The molecule has 0 saturated heterocycles. The Balaban J connectivity index is 2.55. The van der Waals surface area contributed by atoms with Crippen LogP contribution in [0.4, 0.5) is 32.3 Å². The number of ether oxygens (including phenoxy) is 1. The fraction of sp³-hybridized carbons (Fsp3) is 0.273. The molecule has 0 bridgehead atoms. The molecular formula is C11H8F6N4O. The molecular weight excluding hydrogens is 318 g/mol. The number of alkyl halides is 6. The zero-order chi connectivity index (χ0) is 16.7. The summed E-state index contributed by atoms with van der Waals surface area (Å²) < 4.78 is 81.3. The van der Waals surface area contributed by atoms with Crippen LogP contribution in [0.15, 0.2) is 24.8 Å². The van der Waals surface area contributed by atoms with Crippen LogP contribution in [0.5, 0.6) is 5.75 Å². The van der Waals surface area contributed by atoms with Gasteiger partial charge in [0.1, 0.15) is 5.69 Å². The number of hydrogen-bond donors (Lipinski definition) is 1. The summed E-state index contributed by atoms with van der Waals surface area (Å²) >= 11 is 0. The van der Waals surface area contributed by atoms with Crippen molar-refractivity contribution >= 4 is 11.6 Å². The predicted molar refractivity (Wildman–Crippen MR) is 63.1 cm³/mol. The van der Waals surface area contributed by atoms with Crippen LogP contribution in [0.2, 0.25) is 0 Å². The highest BCUT2D eigenvalue weighted by Crippen LogP contribution is 2.34. The number of hydrogen-bond acceptors (Lipinski definition) is 4. The van der Waals surface area contributed by atoms with Gasteiger partial charge >= 0.3 is 12.4 Å². The fourth-order valence-electron chi connectivity index (χ4n) is 1.65. The summed E-state index contributed by atoms with van der Waals surface area (Å²) in [5, 5.41) is 3.31. The van der Waals surface area contributed by atoms with E-state index in [-0.39, 0.29) is 4.52 Å². The summed E-state index contributed by atoms with van der Waals surface area (Å²) in [5.41, 5.74) is 3.38. The van der Waals surface area contributed by atoms with Gasteiger partial charge in [0.05, 0.1) is 0 Å². The van der Waals surface area contributed by atoms with Crippen molar-refractivity contribution in [1.82, 2.24) is 14.6 Å². The molecule has 0 spiro atoms. The fourth-order valence-corrected chi connectivity index (χ4v) is 1.65. The number of fused-ring (bicyclic) bond motifs is 1. The maximum absolute atomic E-state index is 12.8. The standard InChI is InChI=1S/C11H8F6N4O/c1-2-7(11(15,16)17)22-5-3-4-6(10(12,13)14)21-8(5)19-9(18)20-21/h2-4,7H,1H2,(H2,18,20)/t7-/m0/s1.